The first kappa shape index (κ1) is 13.7. The van der Waals surface area contributed by atoms with Gasteiger partial charge >= 0.3 is 11.9 Å². The van der Waals surface area contributed by atoms with Crippen LogP contribution in [0.5, 0.6) is 0 Å². The van der Waals surface area contributed by atoms with Gasteiger partial charge in [-0.25, -0.2) is 0 Å². The predicted octanol–water partition coefficient (Wildman–Crippen LogP) is 1.24. The van der Waals surface area contributed by atoms with Crippen LogP contribution in [0.1, 0.15) is 39.5 Å². The van der Waals surface area contributed by atoms with Crippen LogP contribution in [-0.4, -0.2) is 30.9 Å². The SMILES string of the molecule is CCOC(=O)C[C@]1(C(=O)OCC)CCCC1=O. The van der Waals surface area contributed by atoms with Gasteiger partial charge in [0.2, 0.25) is 0 Å². The van der Waals surface area contributed by atoms with Gasteiger partial charge in [-0.15, -0.1) is 0 Å². The first-order valence-corrected chi connectivity index (χ1v) is 5.93. The standard InChI is InChI=1S/C12H18O5/c1-3-16-10(14)8-12(11(15)17-4-2)7-5-6-9(12)13/h3-8H2,1-2H3/t12-/m1/s1. The number of Topliss-reactive ketones (excluding diaryl/α,β-unsaturated/α-hetero) is 1. The molecule has 0 aromatic heterocycles. The highest BCUT2D eigenvalue weighted by Gasteiger charge is 2.51. The topological polar surface area (TPSA) is 69.7 Å². The molecule has 0 aromatic rings. The van der Waals surface area contributed by atoms with Crippen molar-refractivity contribution in [3.63, 3.8) is 0 Å². The number of esters is 2. The number of carbonyl (C=O) groups is 3. The summed E-state index contributed by atoms with van der Waals surface area (Å²) < 4.78 is 9.72. The molecule has 5 nitrogen and oxygen atoms in total. The quantitative estimate of drug-likeness (QED) is 0.536. The van der Waals surface area contributed by atoms with Gasteiger partial charge < -0.3 is 9.47 Å². The minimum absolute atomic E-state index is 0.196. The number of rotatable bonds is 5. The Morgan fingerprint density at radius 2 is 1.88 bits per heavy atom. The summed E-state index contributed by atoms with van der Waals surface area (Å²) in [4.78, 5) is 35.2. The van der Waals surface area contributed by atoms with E-state index in [1.165, 1.54) is 0 Å². The van der Waals surface area contributed by atoms with Gasteiger partial charge in [0.15, 0.2) is 5.78 Å². The predicted molar refractivity (Wildman–Crippen MR) is 59.2 cm³/mol. The molecule has 0 amide bonds. The van der Waals surface area contributed by atoms with E-state index in [2.05, 4.69) is 0 Å². The molecule has 1 aliphatic rings. The van der Waals surface area contributed by atoms with Crippen LogP contribution in [0.15, 0.2) is 0 Å². The molecule has 0 heterocycles. The zero-order valence-corrected chi connectivity index (χ0v) is 10.3. The Labute approximate surface area is 100 Å². The average molecular weight is 242 g/mol. The van der Waals surface area contributed by atoms with Crippen LogP contribution >= 0.6 is 0 Å². The van der Waals surface area contributed by atoms with Crippen molar-refractivity contribution in [2.45, 2.75) is 39.5 Å². The molecule has 0 aliphatic heterocycles. The fraction of sp³-hybridized carbons (Fsp3) is 0.750. The maximum absolute atomic E-state index is 11.9. The maximum atomic E-state index is 11.9. The molecule has 5 heteroatoms. The molecule has 1 fully saturated rings. The van der Waals surface area contributed by atoms with Crippen LogP contribution in [-0.2, 0) is 23.9 Å². The van der Waals surface area contributed by atoms with Crippen molar-refractivity contribution in [2.24, 2.45) is 5.41 Å². The Bertz CT molecular complexity index is 323. The lowest BCUT2D eigenvalue weighted by Crippen LogP contribution is -2.39. The molecule has 0 aromatic carbocycles. The van der Waals surface area contributed by atoms with Crippen molar-refractivity contribution >= 4 is 17.7 Å². The summed E-state index contributed by atoms with van der Waals surface area (Å²) in [6, 6.07) is 0. The highest BCUT2D eigenvalue weighted by Crippen LogP contribution is 2.39. The summed E-state index contributed by atoms with van der Waals surface area (Å²) in [5.41, 5.74) is -1.29. The monoisotopic (exact) mass is 242 g/mol. The summed E-state index contributed by atoms with van der Waals surface area (Å²) in [7, 11) is 0. The third kappa shape index (κ3) is 2.84. The van der Waals surface area contributed by atoms with E-state index >= 15 is 0 Å². The zero-order valence-electron chi connectivity index (χ0n) is 10.3. The van der Waals surface area contributed by atoms with E-state index in [0.29, 0.717) is 19.3 Å². The van der Waals surface area contributed by atoms with E-state index in [1.54, 1.807) is 13.8 Å². The van der Waals surface area contributed by atoms with Gasteiger partial charge in [-0.05, 0) is 26.7 Å². The second-order valence-electron chi connectivity index (χ2n) is 4.06. The zero-order chi connectivity index (χ0) is 12.9. The van der Waals surface area contributed by atoms with E-state index < -0.39 is 17.4 Å². The summed E-state index contributed by atoms with van der Waals surface area (Å²) in [6.07, 6.45) is 1.14. The van der Waals surface area contributed by atoms with Gasteiger partial charge in [0.05, 0.1) is 19.6 Å². The van der Waals surface area contributed by atoms with Crippen LogP contribution in [0.25, 0.3) is 0 Å². The lowest BCUT2D eigenvalue weighted by molar-refractivity contribution is -0.165. The van der Waals surface area contributed by atoms with E-state index in [9.17, 15) is 14.4 Å². The fourth-order valence-corrected chi connectivity index (χ4v) is 2.13. The highest BCUT2D eigenvalue weighted by atomic mass is 16.5. The maximum Gasteiger partial charge on any atom is 0.320 e. The highest BCUT2D eigenvalue weighted by molar-refractivity contribution is 6.07. The van der Waals surface area contributed by atoms with Crippen molar-refractivity contribution < 1.29 is 23.9 Å². The molecular formula is C12H18O5. The third-order valence-electron chi connectivity index (χ3n) is 2.96. The normalized spacial score (nSPS) is 23.5. The fourth-order valence-electron chi connectivity index (χ4n) is 2.13. The Balaban J connectivity index is 2.83. The summed E-state index contributed by atoms with van der Waals surface area (Å²) in [6.45, 7) is 3.81. The first-order valence-electron chi connectivity index (χ1n) is 5.93. The average Bonchev–Trinajstić information content (AvgIpc) is 2.62. The molecule has 1 rings (SSSR count). The van der Waals surface area contributed by atoms with Crippen molar-refractivity contribution in [1.82, 2.24) is 0 Å². The number of carbonyl (C=O) groups excluding carboxylic acids is 3. The molecule has 17 heavy (non-hydrogen) atoms. The van der Waals surface area contributed by atoms with E-state index in [1.807, 2.05) is 0 Å². The molecule has 0 radical (unpaired) electrons. The molecule has 1 saturated carbocycles. The van der Waals surface area contributed by atoms with Gasteiger partial charge in [0.1, 0.15) is 5.41 Å². The van der Waals surface area contributed by atoms with E-state index in [4.69, 9.17) is 9.47 Å². The Morgan fingerprint density at radius 1 is 1.24 bits per heavy atom. The van der Waals surface area contributed by atoms with Crippen LogP contribution in [0.2, 0.25) is 0 Å². The largest absolute Gasteiger partial charge is 0.466 e. The number of hydrogen-bond donors (Lipinski definition) is 0. The lowest BCUT2D eigenvalue weighted by atomic mass is 9.82. The summed E-state index contributed by atoms with van der Waals surface area (Å²) in [5.74, 6) is -1.31. The second-order valence-corrected chi connectivity index (χ2v) is 4.06. The molecule has 0 N–H and O–H groups in total. The molecule has 0 bridgehead atoms. The number of ketones is 1. The van der Waals surface area contributed by atoms with Crippen LogP contribution in [0, 0.1) is 5.41 Å². The van der Waals surface area contributed by atoms with E-state index in [-0.39, 0.29) is 25.4 Å². The summed E-state index contributed by atoms with van der Waals surface area (Å²) >= 11 is 0. The van der Waals surface area contributed by atoms with Crippen LogP contribution < -0.4 is 0 Å². The Morgan fingerprint density at radius 3 is 2.35 bits per heavy atom. The van der Waals surface area contributed by atoms with Crippen molar-refractivity contribution in [3.05, 3.63) is 0 Å². The van der Waals surface area contributed by atoms with Gasteiger partial charge in [-0.1, -0.05) is 0 Å². The Hall–Kier alpha value is -1.39. The Kier molecular flexibility index (Phi) is 4.66. The van der Waals surface area contributed by atoms with E-state index in [0.717, 1.165) is 0 Å². The minimum Gasteiger partial charge on any atom is -0.466 e. The molecule has 0 spiro atoms. The first-order chi connectivity index (χ1) is 8.06. The molecular weight excluding hydrogens is 224 g/mol. The van der Waals surface area contributed by atoms with Gasteiger partial charge in [-0.3, -0.25) is 14.4 Å². The number of hydrogen-bond acceptors (Lipinski definition) is 5. The molecule has 0 saturated heterocycles. The van der Waals surface area contributed by atoms with Gasteiger partial charge in [0, 0.05) is 6.42 Å². The second kappa shape index (κ2) is 5.80. The third-order valence-corrected chi connectivity index (χ3v) is 2.96. The lowest BCUT2D eigenvalue weighted by Gasteiger charge is -2.23. The van der Waals surface area contributed by atoms with Crippen LogP contribution in [0.4, 0.5) is 0 Å². The number of ether oxygens (including phenoxy) is 2. The van der Waals surface area contributed by atoms with Crippen molar-refractivity contribution in [2.75, 3.05) is 13.2 Å². The van der Waals surface area contributed by atoms with Gasteiger partial charge in [-0.2, -0.15) is 0 Å². The van der Waals surface area contributed by atoms with Gasteiger partial charge in [0.25, 0.3) is 0 Å². The minimum atomic E-state index is -1.29. The molecule has 96 valence electrons. The molecule has 1 atom stereocenters. The van der Waals surface area contributed by atoms with Crippen LogP contribution in [0.3, 0.4) is 0 Å². The smallest absolute Gasteiger partial charge is 0.320 e. The summed E-state index contributed by atoms with van der Waals surface area (Å²) in [5, 5.41) is 0. The van der Waals surface area contributed by atoms with Crippen molar-refractivity contribution in [3.8, 4) is 0 Å². The molecule has 1 aliphatic carbocycles. The molecule has 0 unspecified atom stereocenters. The van der Waals surface area contributed by atoms with Crippen molar-refractivity contribution in [1.29, 1.82) is 0 Å².